The Morgan fingerprint density at radius 1 is 1.45 bits per heavy atom. The first-order valence-corrected chi connectivity index (χ1v) is 3.77. The third-order valence-electron chi connectivity index (χ3n) is 2.19. The number of nitrogens with two attached hydrogens (primary N) is 1. The van der Waals surface area contributed by atoms with Crippen LogP contribution in [0.2, 0.25) is 0 Å². The topological polar surface area (TPSA) is 83.5 Å². The van der Waals surface area contributed by atoms with Crippen LogP contribution in [0.4, 0.5) is 0 Å². The number of carbonyl (C=O) groups is 1. The van der Waals surface area contributed by atoms with Gasteiger partial charge in [0, 0.05) is 6.04 Å². The van der Waals surface area contributed by atoms with Gasteiger partial charge in [0.2, 0.25) is 0 Å². The average molecular weight is 159 g/mol. The zero-order valence-electron chi connectivity index (χ0n) is 6.23. The van der Waals surface area contributed by atoms with Crippen molar-refractivity contribution in [1.82, 2.24) is 0 Å². The van der Waals surface area contributed by atoms with Crippen LogP contribution in [-0.4, -0.2) is 28.3 Å². The van der Waals surface area contributed by atoms with Gasteiger partial charge in [-0.1, -0.05) is 0 Å². The highest BCUT2D eigenvalue weighted by Gasteiger charge is 2.31. The molecule has 1 rings (SSSR count). The van der Waals surface area contributed by atoms with E-state index in [0.717, 1.165) is 0 Å². The van der Waals surface area contributed by atoms with Crippen LogP contribution in [0.25, 0.3) is 0 Å². The molecule has 4 nitrogen and oxygen atoms in total. The van der Waals surface area contributed by atoms with Crippen molar-refractivity contribution in [3.05, 3.63) is 0 Å². The van der Waals surface area contributed by atoms with Crippen LogP contribution < -0.4 is 5.73 Å². The quantitative estimate of drug-likeness (QED) is 0.484. The smallest absolute Gasteiger partial charge is 0.308 e. The molecule has 0 aromatic heterocycles. The van der Waals surface area contributed by atoms with Crippen molar-refractivity contribution in [2.75, 3.05) is 0 Å². The first-order chi connectivity index (χ1) is 5.11. The van der Waals surface area contributed by atoms with Crippen molar-refractivity contribution in [1.29, 1.82) is 0 Å². The summed E-state index contributed by atoms with van der Waals surface area (Å²) in [6.07, 6.45) is 1.07. The zero-order chi connectivity index (χ0) is 8.43. The highest BCUT2D eigenvalue weighted by Crippen LogP contribution is 2.23. The SMILES string of the molecule is N[C@H]1CC[C@@H](O)C[C@@H]1C(=O)O. The molecule has 0 aromatic carbocycles. The number of rotatable bonds is 1. The lowest BCUT2D eigenvalue weighted by molar-refractivity contribution is -0.144. The molecule has 1 saturated carbocycles. The Labute approximate surface area is 65.0 Å². The van der Waals surface area contributed by atoms with Crippen molar-refractivity contribution < 1.29 is 15.0 Å². The monoisotopic (exact) mass is 159 g/mol. The molecule has 1 aliphatic carbocycles. The molecule has 3 atom stereocenters. The van der Waals surface area contributed by atoms with Crippen LogP contribution in [0.15, 0.2) is 0 Å². The van der Waals surface area contributed by atoms with Gasteiger partial charge in [-0.15, -0.1) is 0 Å². The fraction of sp³-hybridized carbons (Fsp3) is 0.857. The van der Waals surface area contributed by atoms with E-state index in [2.05, 4.69) is 0 Å². The van der Waals surface area contributed by atoms with Crippen molar-refractivity contribution in [3.8, 4) is 0 Å². The van der Waals surface area contributed by atoms with E-state index in [1.807, 2.05) is 0 Å². The van der Waals surface area contributed by atoms with E-state index in [1.54, 1.807) is 0 Å². The fourth-order valence-electron chi connectivity index (χ4n) is 1.46. The van der Waals surface area contributed by atoms with Gasteiger partial charge < -0.3 is 15.9 Å². The normalized spacial score (nSPS) is 38.5. The second-order valence-electron chi connectivity index (χ2n) is 3.08. The molecule has 0 unspecified atom stereocenters. The molecule has 0 aromatic rings. The standard InChI is InChI=1S/C7H13NO3/c8-6-2-1-4(9)3-5(6)7(10)11/h4-6,9H,1-3,8H2,(H,10,11)/t4-,5+,6+/m1/s1. The zero-order valence-corrected chi connectivity index (χ0v) is 6.23. The number of hydrogen-bond acceptors (Lipinski definition) is 3. The van der Waals surface area contributed by atoms with E-state index in [-0.39, 0.29) is 6.04 Å². The molecule has 1 fully saturated rings. The van der Waals surface area contributed by atoms with Gasteiger partial charge in [-0.2, -0.15) is 0 Å². The Kier molecular flexibility index (Phi) is 2.46. The maximum absolute atomic E-state index is 10.5. The third kappa shape index (κ3) is 1.91. The molecule has 0 saturated heterocycles. The Balaban J connectivity index is 2.54. The van der Waals surface area contributed by atoms with Crippen LogP contribution in [0.5, 0.6) is 0 Å². The van der Waals surface area contributed by atoms with Crippen molar-refractivity contribution in [2.24, 2.45) is 11.7 Å². The summed E-state index contributed by atoms with van der Waals surface area (Å²) in [6, 6.07) is -0.282. The van der Waals surface area contributed by atoms with Gasteiger partial charge in [-0.3, -0.25) is 4.79 Å². The van der Waals surface area contributed by atoms with Gasteiger partial charge in [-0.05, 0) is 19.3 Å². The summed E-state index contributed by atoms with van der Waals surface area (Å²) < 4.78 is 0. The molecule has 11 heavy (non-hydrogen) atoms. The maximum atomic E-state index is 10.5. The molecule has 4 heteroatoms. The van der Waals surface area contributed by atoms with Gasteiger partial charge in [0.15, 0.2) is 0 Å². The maximum Gasteiger partial charge on any atom is 0.308 e. The number of hydrogen-bond donors (Lipinski definition) is 3. The van der Waals surface area contributed by atoms with Crippen molar-refractivity contribution >= 4 is 5.97 Å². The summed E-state index contributed by atoms with van der Waals surface area (Å²) in [5.74, 6) is -1.45. The predicted octanol–water partition coefficient (Wildman–Crippen LogP) is -0.441. The van der Waals surface area contributed by atoms with E-state index in [4.69, 9.17) is 15.9 Å². The van der Waals surface area contributed by atoms with Crippen LogP contribution in [-0.2, 0) is 4.79 Å². The number of carboxylic acids is 1. The van der Waals surface area contributed by atoms with Crippen LogP contribution in [0.3, 0.4) is 0 Å². The number of aliphatic hydroxyl groups is 1. The molecule has 0 bridgehead atoms. The third-order valence-corrected chi connectivity index (χ3v) is 2.19. The van der Waals surface area contributed by atoms with E-state index in [1.165, 1.54) is 0 Å². The Morgan fingerprint density at radius 2 is 2.09 bits per heavy atom. The second kappa shape index (κ2) is 3.19. The van der Waals surface area contributed by atoms with Crippen LogP contribution in [0.1, 0.15) is 19.3 Å². The molecular weight excluding hydrogens is 146 g/mol. The summed E-state index contributed by atoms with van der Waals surface area (Å²) in [5, 5.41) is 17.8. The minimum absolute atomic E-state index is 0.282. The minimum Gasteiger partial charge on any atom is -0.481 e. The number of aliphatic carboxylic acids is 1. The summed E-state index contributed by atoms with van der Waals surface area (Å²) >= 11 is 0. The van der Waals surface area contributed by atoms with E-state index in [9.17, 15) is 4.79 Å². The molecule has 0 spiro atoms. The molecular formula is C7H13NO3. The summed E-state index contributed by atoms with van der Waals surface area (Å²) in [4.78, 5) is 10.5. The molecule has 4 N–H and O–H groups in total. The molecule has 0 amide bonds. The first-order valence-electron chi connectivity index (χ1n) is 3.77. The number of aliphatic hydroxyl groups excluding tert-OH is 1. The summed E-state index contributed by atoms with van der Waals surface area (Å²) in [7, 11) is 0. The van der Waals surface area contributed by atoms with E-state index >= 15 is 0 Å². The first kappa shape index (κ1) is 8.49. The molecule has 64 valence electrons. The Morgan fingerprint density at radius 3 is 2.55 bits per heavy atom. The van der Waals surface area contributed by atoms with E-state index < -0.39 is 18.0 Å². The van der Waals surface area contributed by atoms with Crippen LogP contribution >= 0.6 is 0 Å². The molecule has 0 heterocycles. The second-order valence-corrected chi connectivity index (χ2v) is 3.08. The average Bonchev–Trinajstić information content (AvgIpc) is 1.94. The Bertz CT molecular complexity index is 160. The summed E-state index contributed by atoms with van der Waals surface area (Å²) in [6.45, 7) is 0. The fourth-order valence-corrected chi connectivity index (χ4v) is 1.46. The van der Waals surface area contributed by atoms with Gasteiger partial charge in [0.05, 0.1) is 12.0 Å². The largest absolute Gasteiger partial charge is 0.481 e. The van der Waals surface area contributed by atoms with E-state index in [0.29, 0.717) is 19.3 Å². The van der Waals surface area contributed by atoms with Gasteiger partial charge in [-0.25, -0.2) is 0 Å². The lowest BCUT2D eigenvalue weighted by Gasteiger charge is -2.28. The summed E-state index contributed by atoms with van der Waals surface area (Å²) in [5.41, 5.74) is 5.55. The van der Waals surface area contributed by atoms with Crippen LogP contribution in [0, 0.1) is 5.92 Å². The van der Waals surface area contributed by atoms with Crippen molar-refractivity contribution in [2.45, 2.75) is 31.4 Å². The molecule has 1 aliphatic rings. The van der Waals surface area contributed by atoms with Gasteiger partial charge in [0.1, 0.15) is 0 Å². The minimum atomic E-state index is -0.892. The van der Waals surface area contributed by atoms with Crippen molar-refractivity contribution in [3.63, 3.8) is 0 Å². The lowest BCUT2D eigenvalue weighted by Crippen LogP contribution is -2.42. The van der Waals surface area contributed by atoms with Gasteiger partial charge in [0.25, 0.3) is 0 Å². The lowest BCUT2D eigenvalue weighted by atomic mass is 9.83. The highest BCUT2D eigenvalue weighted by atomic mass is 16.4. The molecule has 0 radical (unpaired) electrons. The molecule has 0 aliphatic heterocycles. The number of carboxylic acid groups (broad SMARTS) is 1. The predicted molar refractivity (Wildman–Crippen MR) is 39.0 cm³/mol. The highest BCUT2D eigenvalue weighted by molar-refractivity contribution is 5.71. The van der Waals surface area contributed by atoms with Gasteiger partial charge >= 0.3 is 5.97 Å². The Hall–Kier alpha value is -0.610.